The van der Waals surface area contributed by atoms with Gasteiger partial charge in [0.05, 0.1) is 0 Å². The van der Waals surface area contributed by atoms with E-state index in [4.69, 9.17) is 0 Å². The standard InChI is InChI=1S/C3H3O5P/c4-3-7-1-2(8-3)9(5)6/h2H,1H2. The van der Waals surface area contributed by atoms with Crippen molar-refractivity contribution >= 4 is 14.2 Å². The molecule has 1 saturated heterocycles. The molecule has 6 heteroatoms. The zero-order valence-corrected chi connectivity index (χ0v) is 5.17. The molecule has 1 fully saturated rings. The smallest absolute Gasteiger partial charge is 0.512 e. The van der Waals surface area contributed by atoms with Gasteiger partial charge in [-0.15, -0.1) is 0 Å². The van der Waals surface area contributed by atoms with Crippen LogP contribution in [0.3, 0.4) is 0 Å². The Bertz CT molecular complexity index is 154. The fraction of sp³-hybridized carbons (Fsp3) is 0.667. The van der Waals surface area contributed by atoms with Crippen molar-refractivity contribution in [2.45, 2.75) is 5.85 Å². The molecule has 0 aromatic rings. The summed E-state index contributed by atoms with van der Waals surface area (Å²) in [7, 11) is -2.70. The first-order valence-corrected chi connectivity index (χ1v) is 3.42. The van der Waals surface area contributed by atoms with Gasteiger partial charge in [-0.25, -0.2) is 4.79 Å². The van der Waals surface area contributed by atoms with Gasteiger partial charge in [0.1, 0.15) is 0 Å². The number of rotatable bonds is 1. The highest BCUT2D eigenvalue weighted by Crippen LogP contribution is 2.23. The molecule has 0 aromatic heterocycles. The number of carbonyl (C=O) groups is 1. The SMILES string of the molecule is O=C1OCC([P+](=O)[O-])O1. The van der Waals surface area contributed by atoms with Gasteiger partial charge >= 0.3 is 20.0 Å². The molecule has 0 amide bonds. The van der Waals surface area contributed by atoms with E-state index in [0.29, 0.717) is 0 Å². The molecule has 9 heavy (non-hydrogen) atoms. The third kappa shape index (κ3) is 1.37. The van der Waals surface area contributed by atoms with Crippen LogP contribution in [0.15, 0.2) is 0 Å². The fourth-order valence-corrected chi connectivity index (χ4v) is 0.791. The van der Waals surface area contributed by atoms with E-state index < -0.39 is 20.0 Å². The van der Waals surface area contributed by atoms with Gasteiger partial charge in [-0.05, 0) is 0 Å². The van der Waals surface area contributed by atoms with E-state index in [1.165, 1.54) is 0 Å². The van der Waals surface area contributed by atoms with Crippen molar-refractivity contribution in [2.75, 3.05) is 6.61 Å². The van der Waals surface area contributed by atoms with E-state index in [1.807, 2.05) is 0 Å². The van der Waals surface area contributed by atoms with Crippen LogP contribution in [0.2, 0.25) is 0 Å². The number of ether oxygens (including phenoxy) is 2. The van der Waals surface area contributed by atoms with Gasteiger partial charge in [0.25, 0.3) is 0 Å². The molecule has 0 aliphatic carbocycles. The van der Waals surface area contributed by atoms with Crippen molar-refractivity contribution in [3.63, 3.8) is 0 Å². The van der Waals surface area contributed by atoms with Gasteiger partial charge in [-0.2, -0.15) is 0 Å². The number of carbonyl (C=O) groups excluding carboxylic acids is 1. The van der Waals surface area contributed by atoms with Crippen LogP contribution < -0.4 is 4.89 Å². The normalized spacial score (nSPS) is 27.0. The Balaban J connectivity index is 2.48. The maximum absolute atomic E-state index is 10.0. The molecular weight excluding hydrogens is 147 g/mol. The fourth-order valence-electron chi connectivity index (χ4n) is 0.422. The first-order chi connectivity index (χ1) is 4.20. The number of hydrogen-bond donors (Lipinski definition) is 0. The minimum absolute atomic E-state index is 0.183. The molecular formula is C3H3O5P. The molecule has 0 saturated carbocycles. The second kappa shape index (κ2) is 2.29. The number of hydrogen-bond acceptors (Lipinski definition) is 5. The van der Waals surface area contributed by atoms with E-state index in [-0.39, 0.29) is 6.61 Å². The zero-order valence-electron chi connectivity index (χ0n) is 4.27. The Labute approximate surface area is 51.4 Å². The minimum Gasteiger partial charge on any atom is -0.592 e. The molecule has 1 heterocycles. The Morgan fingerprint density at radius 3 is 2.67 bits per heavy atom. The molecule has 2 atom stereocenters. The van der Waals surface area contributed by atoms with Crippen molar-refractivity contribution in [2.24, 2.45) is 0 Å². The average molecular weight is 150 g/mol. The van der Waals surface area contributed by atoms with E-state index in [0.717, 1.165) is 0 Å². The van der Waals surface area contributed by atoms with Crippen molar-refractivity contribution in [1.82, 2.24) is 0 Å². The summed E-state index contributed by atoms with van der Waals surface area (Å²) in [5, 5.41) is 0. The third-order valence-corrected chi connectivity index (χ3v) is 1.54. The van der Waals surface area contributed by atoms with Crippen molar-refractivity contribution in [3.05, 3.63) is 0 Å². The van der Waals surface area contributed by atoms with Crippen molar-refractivity contribution in [1.29, 1.82) is 0 Å². The topological polar surface area (TPSA) is 75.7 Å². The van der Waals surface area contributed by atoms with Crippen LogP contribution in [-0.4, -0.2) is 18.6 Å². The van der Waals surface area contributed by atoms with E-state index in [9.17, 15) is 14.3 Å². The Hall–Kier alpha value is -0.670. The highest BCUT2D eigenvalue weighted by Gasteiger charge is 2.34. The summed E-state index contributed by atoms with van der Waals surface area (Å²) in [6, 6.07) is 0. The largest absolute Gasteiger partial charge is 0.592 e. The van der Waals surface area contributed by atoms with E-state index in [1.54, 1.807) is 0 Å². The lowest BCUT2D eigenvalue weighted by Crippen LogP contribution is -2.09. The second-order valence-corrected chi connectivity index (χ2v) is 2.57. The van der Waals surface area contributed by atoms with Gasteiger partial charge in [-0.1, -0.05) is 4.57 Å². The highest BCUT2D eigenvalue weighted by molar-refractivity contribution is 7.37. The summed E-state index contributed by atoms with van der Waals surface area (Å²) in [6.45, 7) is -0.183. The summed E-state index contributed by atoms with van der Waals surface area (Å²) >= 11 is 0. The average Bonchev–Trinajstić information content (AvgIpc) is 2.14. The van der Waals surface area contributed by atoms with Crippen LogP contribution in [0, 0.1) is 0 Å². The van der Waals surface area contributed by atoms with Gasteiger partial charge in [0, 0.05) is 0 Å². The van der Waals surface area contributed by atoms with Crippen LogP contribution in [0.25, 0.3) is 0 Å². The lowest BCUT2D eigenvalue weighted by Gasteiger charge is -1.91. The lowest BCUT2D eigenvalue weighted by molar-refractivity contribution is -0.170. The third-order valence-electron chi connectivity index (χ3n) is 0.811. The van der Waals surface area contributed by atoms with Crippen LogP contribution in [0.1, 0.15) is 0 Å². The maximum Gasteiger partial charge on any atom is 0.512 e. The summed E-state index contributed by atoms with van der Waals surface area (Å²) < 4.78 is 18.4. The summed E-state index contributed by atoms with van der Waals surface area (Å²) in [5.41, 5.74) is 0. The molecule has 1 rings (SSSR count). The Morgan fingerprint density at radius 1 is 1.78 bits per heavy atom. The Morgan fingerprint density at radius 2 is 2.44 bits per heavy atom. The van der Waals surface area contributed by atoms with Crippen LogP contribution in [0.4, 0.5) is 4.79 Å². The van der Waals surface area contributed by atoms with Gasteiger partial charge in [0.15, 0.2) is 6.61 Å². The van der Waals surface area contributed by atoms with Crippen LogP contribution >= 0.6 is 8.03 Å². The quantitative estimate of drug-likeness (QED) is 0.374. The minimum atomic E-state index is -2.70. The van der Waals surface area contributed by atoms with E-state index >= 15 is 0 Å². The van der Waals surface area contributed by atoms with Crippen LogP contribution in [0.5, 0.6) is 0 Å². The van der Waals surface area contributed by atoms with E-state index in [2.05, 4.69) is 9.47 Å². The molecule has 0 radical (unpaired) electrons. The summed E-state index contributed by atoms with van der Waals surface area (Å²) in [5.74, 6) is -1.08. The van der Waals surface area contributed by atoms with Gasteiger partial charge in [0.2, 0.25) is 0 Å². The predicted molar refractivity (Wildman–Crippen MR) is 23.8 cm³/mol. The van der Waals surface area contributed by atoms with Gasteiger partial charge in [-0.3, -0.25) is 0 Å². The lowest BCUT2D eigenvalue weighted by atomic mass is 10.8. The molecule has 50 valence electrons. The van der Waals surface area contributed by atoms with Crippen molar-refractivity contribution in [3.8, 4) is 0 Å². The summed E-state index contributed by atoms with van der Waals surface area (Å²) in [6.07, 6.45) is -0.917. The Kier molecular flexibility index (Phi) is 1.64. The van der Waals surface area contributed by atoms with Crippen LogP contribution in [-0.2, 0) is 14.0 Å². The first kappa shape index (κ1) is 6.45. The molecule has 2 unspecified atom stereocenters. The molecule has 0 aromatic carbocycles. The molecule has 0 N–H and O–H groups in total. The summed E-state index contributed by atoms with van der Waals surface area (Å²) in [4.78, 5) is 20.1. The number of cyclic esters (lactones) is 2. The maximum atomic E-state index is 10.0. The molecule has 1 aliphatic heterocycles. The zero-order chi connectivity index (χ0) is 6.85. The molecule has 1 aliphatic rings. The monoisotopic (exact) mass is 150 g/mol. The molecule has 0 spiro atoms. The predicted octanol–water partition coefficient (Wildman–Crippen LogP) is -0.418. The highest BCUT2D eigenvalue weighted by atomic mass is 31.1. The van der Waals surface area contributed by atoms with Crippen molar-refractivity contribution < 1.29 is 23.7 Å². The molecule has 0 bridgehead atoms. The molecule has 5 nitrogen and oxygen atoms in total. The first-order valence-electron chi connectivity index (χ1n) is 2.17. The van der Waals surface area contributed by atoms with Gasteiger partial charge < -0.3 is 14.4 Å². The second-order valence-electron chi connectivity index (χ2n) is 1.42.